The summed E-state index contributed by atoms with van der Waals surface area (Å²) < 4.78 is 1.85. The van der Waals surface area contributed by atoms with Crippen molar-refractivity contribution in [3.8, 4) is 0 Å². The molecule has 0 amide bonds. The van der Waals surface area contributed by atoms with E-state index in [-0.39, 0.29) is 6.04 Å². The summed E-state index contributed by atoms with van der Waals surface area (Å²) in [5, 5.41) is 15.5. The summed E-state index contributed by atoms with van der Waals surface area (Å²) in [6, 6.07) is 0.225. The molecule has 0 aliphatic heterocycles. The summed E-state index contributed by atoms with van der Waals surface area (Å²) in [5.74, 6) is 1.02. The number of aliphatic hydroxyl groups excluding tert-OH is 1. The minimum Gasteiger partial charge on any atom is -0.386 e. The molecule has 1 saturated carbocycles. The highest BCUT2D eigenvalue weighted by Gasteiger charge is 2.30. The molecule has 0 spiro atoms. The normalized spacial score (nSPS) is 26.6. The van der Waals surface area contributed by atoms with Gasteiger partial charge < -0.3 is 5.11 Å². The predicted molar refractivity (Wildman–Crippen MR) is 73.7 cm³/mol. The molecule has 0 bridgehead atoms. The molecule has 1 aromatic rings. The van der Waals surface area contributed by atoms with Crippen LogP contribution in [0.5, 0.6) is 0 Å². The average Bonchev–Trinajstić information content (AvgIpc) is 2.70. The van der Waals surface area contributed by atoms with Gasteiger partial charge in [0.05, 0.1) is 23.0 Å². The van der Waals surface area contributed by atoms with E-state index in [0.717, 1.165) is 18.5 Å². The van der Waals surface area contributed by atoms with Crippen LogP contribution in [0.15, 0.2) is 6.20 Å². The van der Waals surface area contributed by atoms with Gasteiger partial charge in [0.1, 0.15) is 0 Å². The van der Waals surface area contributed by atoms with Gasteiger partial charge in [-0.25, -0.2) is 0 Å². The summed E-state index contributed by atoms with van der Waals surface area (Å²) in [5.41, 5.74) is 0.797. The van der Waals surface area contributed by atoms with E-state index in [1.807, 2.05) is 4.68 Å². The van der Waals surface area contributed by atoms with Gasteiger partial charge in [-0.05, 0) is 38.5 Å². The Morgan fingerprint density at radius 1 is 1.44 bits per heavy atom. The summed E-state index contributed by atoms with van der Waals surface area (Å²) >= 11 is 6.20. The van der Waals surface area contributed by atoms with Gasteiger partial charge in [-0.3, -0.25) is 4.68 Å². The van der Waals surface area contributed by atoms with Gasteiger partial charge in [0.15, 0.2) is 0 Å². The van der Waals surface area contributed by atoms with Crippen LogP contribution in [0, 0.1) is 11.8 Å². The molecule has 3 atom stereocenters. The van der Waals surface area contributed by atoms with Crippen LogP contribution in [0.2, 0.25) is 5.02 Å². The highest BCUT2D eigenvalue weighted by atomic mass is 35.5. The van der Waals surface area contributed by atoms with Crippen LogP contribution in [0.3, 0.4) is 0 Å². The molecule has 1 N–H and O–H groups in total. The first-order chi connectivity index (χ1) is 8.50. The Kier molecular flexibility index (Phi) is 4.33. The van der Waals surface area contributed by atoms with Gasteiger partial charge in [-0.2, -0.15) is 5.10 Å². The van der Waals surface area contributed by atoms with Crippen molar-refractivity contribution in [2.24, 2.45) is 11.8 Å². The van der Waals surface area contributed by atoms with Crippen LogP contribution in [0.25, 0.3) is 0 Å². The van der Waals surface area contributed by atoms with Crippen molar-refractivity contribution in [2.45, 2.75) is 58.6 Å². The van der Waals surface area contributed by atoms with Crippen LogP contribution in [0.4, 0.5) is 0 Å². The molecule has 0 saturated heterocycles. The molecular formula is C14H23ClN2O. The fraction of sp³-hybridized carbons (Fsp3) is 0.786. The third kappa shape index (κ3) is 2.72. The van der Waals surface area contributed by atoms with Gasteiger partial charge in [0.25, 0.3) is 0 Å². The first-order valence-electron chi connectivity index (χ1n) is 6.91. The van der Waals surface area contributed by atoms with E-state index in [0.29, 0.717) is 16.9 Å². The Balaban J connectivity index is 2.22. The first-order valence-corrected chi connectivity index (χ1v) is 7.29. The lowest BCUT2D eigenvalue weighted by atomic mass is 9.79. The number of nitrogens with zero attached hydrogens (tertiary/aromatic N) is 2. The number of aliphatic hydroxyl groups is 1. The molecule has 3 nitrogen and oxygen atoms in total. The molecule has 1 aromatic heterocycles. The molecule has 4 heteroatoms. The van der Waals surface area contributed by atoms with Crippen molar-refractivity contribution in [3.05, 3.63) is 16.9 Å². The second-order valence-electron chi connectivity index (χ2n) is 5.89. The van der Waals surface area contributed by atoms with E-state index in [4.69, 9.17) is 11.6 Å². The molecule has 1 heterocycles. The van der Waals surface area contributed by atoms with Gasteiger partial charge in [0, 0.05) is 6.04 Å². The highest BCUT2D eigenvalue weighted by Crippen LogP contribution is 2.39. The average molecular weight is 271 g/mol. The molecule has 3 unspecified atom stereocenters. The lowest BCUT2D eigenvalue weighted by molar-refractivity contribution is 0.0632. The largest absolute Gasteiger partial charge is 0.386 e. The maximum Gasteiger partial charge on any atom is 0.1000 e. The van der Waals surface area contributed by atoms with Crippen molar-refractivity contribution >= 4 is 11.6 Å². The Bertz CT molecular complexity index is 402. The van der Waals surface area contributed by atoms with Crippen LogP contribution >= 0.6 is 11.6 Å². The van der Waals surface area contributed by atoms with E-state index in [1.54, 1.807) is 6.20 Å². The maximum absolute atomic E-state index is 10.6. The zero-order valence-corrected chi connectivity index (χ0v) is 12.2. The highest BCUT2D eigenvalue weighted by molar-refractivity contribution is 6.31. The van der Waals surface area contributed by atoms with Crippen molar-refractivity contribution < 1.29 is 5.11 Å². The zero-order chi connectivity index (χ0) is 13.3. The lowest BCUT2D eigenvalue weighted by Crippen LogP contribution is -2.23. The zero-order valence-electron chi connectivity index (χ0n) is 11.4. The number of halogens is 1. The standard InChI is InChI=1S/C14H23ClN2O/c1-9(2)17-13(12(15)8-16-17)14(18)11-6-4-5-10(3)7-11/h8-11,14,18H,4-7H2,1-3H3. The number of hydrogen-bond donors (Lipinski definition) is 1. The molecular weight excluding hydrogens is 248 g/mol. The lowest BCUT2D eigenvalue weighted by Gasteiger charge is -2.31. The summed E-state index contributed by atoms with van der Waals surface area (Å²) in [6.45, 7) is 6.38. The summed E-state index contributed by atoms with van der Waals surface area (Å²) in [4.78, 5) is 0. The van der Waals surface area contributed by atoms with E-state index in [1.165, 1.54) is 12.8 Å². The molecule has 1 aliphatic rings. The fourth-order valence-corrected chi connectivity index (χ4v) is 3.27. The summed E-state index contributed by atoms with van der Waals surface area (Å²) in [7, 11) is 0. The SMILES string of the molecule is CC1CCCC(C(O)c2c(Cl)cnn2C(C)C)C1. The molecule has 1 aliphatic carbocycles. The topological polar surface area (TPSA) is 38.1 Å². The number of rotatable bonds is 3. The second kappa shape index (κ2) is 5.62. The van der Waals surface area contributed by atoms with Crippen molar-refractivity contribution in [3.63, 3.8) is 0 Å². The fourth-order valence-electron chi connectivity index (χ4n) is 3.03. The van der Waals surface area contributed by atoms with E-state index in [2.05, 4.69) is 25.9 Å². The molecule has 1 fully saturated rings. The predicted octanol–water partition coefficient (Wildman–Crippen LogP) is 3.98. The smallest absolute Gasteiger partial charge is 0.1000 e. The van der Waals surface area contributed by atoms with E-state index in [9.17, 15) is 5.11 Å². The Labute approximate surface area is 114 Å². The number of aromatic nitrogens is 2. The second-order valence-corrected chi connectivity index (χ2v) is 6.30. The Morgan fingerprint density at radius 3 is 2.78 bits per heavy atom. The third-order valence-corrected chi connectivity index (χ3v) is 4.27. The van der Waals surface area contributed by atoms with Crippen LogP contribution in [-0.4, -0.2) is 14.9 Å². The first kappa shape index (κ1) is 13.9. The molecule has 18 heavy (non-hydrogen) atoms. The van der Waals surface area contributed by atoms with Gasteiger partial charge in [0.2, 0.25) is 0 Å². The minimum absolute atomic E-state index is 0.225. The van der Waals surface area contributed by atoms with Gasteiger partial charge in [-0.1, -0.05) is 31.4 Å². The minimum atomic E-state index is -0.481. The Morgan fingerprint density at radius 2 is 2.17 bits per heavy atom. The maximum atomic E-state index is 10.6. The van der Waals surface area contributed by atoms with E-state index >= 15 is 0 Å². The van der Waals surface area contributed by atoms with Crippen LogP contribution in [0.1, 0.15) is 64.3 Å². The monoisotopic (exact) mass is 270 g/mol. The quantitative estimate of drug-likeness (QED) is 0.902. The van der Waals surface area contributed by atoms with Gasteiger partial charge in [-0.15, -0.1) is 0 Å². The Hall–Kier alpha value is -0.540. The van der Waals surface area contributed by atoms with E-state index < -0.39 is 6.10 Å². The van der Waals surface area contributed by atoms with Crippen molar-refractivity contribution in [2.75, 3.05) is 0 Å². The van der Waals surface area contributed by atoms with Crippen LogP contribution in [-0.2, 0) is 0 Å². The van der Waals surface area contributed by atoms with Gasteiger partial charge >= 0.3 is 0 Å². The molecule has 0 aromatic carbocycles. The summed E-state index contributed by atoms with van der Waals surface area (Å²) in [6.07, 6.45) is 5.82. The molecule has 2 rings (SSSR count). The number of hydrogen-bond acceptors (Lipinski definition) is 2. The molecule has 102 valence electrons. The van der Waals surface area contributed by atoms with Crippen molar-refractivity contribution in [1.82, 2.24) is 9.78 Å². The van der Waals surface area contributed by atoms with Crippen molar-refractivity contribution in [1.29, 1.82) is 0 Å². The van der Waals surface area contributed by atoms with Crippen LogP contribution < -0.4 is 0 Å². The third-order valence-electron chi connectivity index (χ3n) is 3.98. The molecule has 0 radical (unpaired) electrons.